The highest BCUT2D eigenvalue weighted by Crippen LogP contribution is 2.42. The van der Waals surface area contributed by atoms with E-state index in [0.717, 1.165) is 69.3 Å². The minimum absolute atomic E-state index is 0.00499. The summed E-state index contributed by atoms with van der Waals surface area (Å²) in [5.41, 5.74) is 0.421. The van der Waals surface area contributed by atoms with Gasteiger partial charge in [0.05, 0.1) is 31.1 Å². The number of ether oxygens (including phenoxy) is 3. The second kappa shape index (κ2) is 10.9. The first kappa shape index (κ1) is 27.1. The Kier molecular flexibility index (Phi) is 8.02. The molecule has 3 atom stereocenters. The quantitative estimate of drug-likeness (QED) is 0.483. The topological polar surface area (TPSA) is 85.3 Å². The number of carboxylic acid groups (broad SMARTS) is 1. The minimum atomic E-state index is -0.947. The van der Waals surface area contributed by atoms with Gasteiger partial charge < -0.3 is 24.2 Å². The van der Waals surface area contributed by atoms with Crippen LogP contribution in [0.15, 0.2) is 6.07 Å². The maximum absolute atomic E-state index is 14.1. The molecule has 2 aliphatic carbocycles. The van der Waals surface area contributed by atoms with Crippen molar-refractivity contribution in [2.24, 2.45) is 17.8 Å². The van der Waals surface area contributed by atoms with E-state index in [-0.39, 0.29) is 46.7 Å². The van der Waals surface area contributed by atoms with Crippen molar-refractivity contribution in [3.8, 4) is 0 Å². The zero-order valence-electron chi connectivity index (χ0n) is 22.7. The van der Waals surface area contributed by atoms with Crippen LogP contribution >= 0.6 is 11.3 Å². The SMILES string of the molecule is CC(C)(C)c1cc(N(C(=O)[C@H]2CC[C@H](C)CC2)C2CCC(O[C@@H]3CO[C@H]4OCC[C@H]43)CC2)c(C(=O)O)s1. The van der Waals surface area contributed by atoms with Crippen molar-refractivity contribution in [1.82, 2.24) is 0 Å². The number of carbonyl (C=O) groups excluding carboxylic acids is 1. The maximum atomic E-state index is 14.1. The second-order valence-corrected chi connectivity index (χ2v) is 13.7. The minimum Gasteiger partial charge on any atom is -0.477 e. The van der Waals surface area contributed by atoms with Crippen LogP contribution in [0, 0.1) is 17.8 Å². The molecule has 2 saturated carbocycles. The van der Waals surface area contributed by atoms with Crippen molar-refractivity contribution >= 4 is 28.9 Å². The molecule has 37 heavy (non-hydrogen) atoms. The summed E-state index contributed by atoms with van der Waals surface area (Å²) < 4.78 is 17.9. The Hall–Kier alpha value is -1.48. The van der Waals surface area contributed by atoms with E-state index >= 15 is 0 Å². The van der Waals surface area contributed by atoms with Crippen molar-refractivity contribution in [1.29, 1.82) is 0 Å². The highest BCUT2D eigenvalue weighted by atomic mass is 32.1. The van der Waals surface area contributed by atoms with Crippen molar-refractivity contribution in [3.63, 3.8) is 0 Å². The summed E-state index contributed by atoms with van der Waals surface area (Å²) in [6.07, 6.45) is 8.36. The van der Waals surface area contributed by atoms with Crippen LogP contribution in [-0.4, -0.2) is 54.7 Å². The molecule has 0 unspecified atom stereocenters. The molecule has 206 valence electrons. The summed E-state index contributed by atoms with van der Waals surface area (Å²) in [6, 6.07) is 1.98. The molecule has 3 heterocycles. The zero-order valence-corrected chi connectivity index (χ0v) is 23.6. The fourth-order valence-corrected chi connectivity index (χ4v) is 7.58. The Morgan fingerprint density at radius 2 is 1.73 bits per heavy atom. The molecular weight excluding hydrogens is 490 g/mol. The largest absolute Gasteiger partial charge is 0.477 e. The molecule has 5 rings (SSSR count). The molecule has 0 bridgehead atoms. The van der Waals surface area contributed by atoms with Gasteiger partial charge in [0, 0.05) is 22.8 Å². The fraction of sp³-hybridized carbons (Fsp3) is 0.793. The Bertz CT molecular complexity index is 970. The molecule has 1 N–H and O–H groups in total. The summed E-state index contributed by atoms with van der Waals surface area (Å²) in [5.74, 6) is 0.117. The number of rotatable bonds is 6. The van der Waals surface area contributed by atoms with E-state index < -0.39 is 5.97 Å². The van der Waals surface area contributed by atoms with E-state index in [0.29, 0.717) is 24.1 Å². The Labute approximate surface area is 224 Å². The smallest absolute Gasteiger partial charge is 0.348 e. The van der Waals surface area contributed by atoms with E-state index in [9.17, 15) is 14.7 Å². The maximum Gasteiger partial charge on any atom is 0.348 e. The molecule has 0 spiro atoms. The Morgan fingerprint density at radius 3 is 2.38 bits per heavy atom. The lowest BCUT2D eigenvalue weighted by Gasteiger charge is -2.40. The van der Waals surface area contributed by atoms with Crippen LogP contribution in [0.2, 0.25) is 0 Å². The van der Waals surface area contributed by atoms with Crippen molar-refractivity contribution in [2.45, 2.75) is 115 Å². The number of anilines is 1. The molecule has 2 aliphatic heterocycles. The van der Waals surface area contributed by atoms with Crippen LogP contribution < -0.4 is 4.90 Å². The lowest BCUT2D eigenvalue weighted by molar-refractivity contribution is -0.124. The number of aromatic carboxylic acids is 1. The average molecular weight is 534 g/mol. The fourth-order valence-electron chi connectivity index (χ4n) is 6.54. The van der Waals surface area contributed by atoms with Crippen LogP contribution in [0.4, 0.5) is 5.69 Å². The molecule has 8 heteroatoms. The standard InChI is InChI=1S/C29H43NO6S/c1-17-5-7-18(8-6-17)26(31)30(22-15-24(29(2,3)4)37-25(22)27(32)33)19-9-11-20(12-10-19)36-23-16-35-28-21(23)13-14-34-28/h15,17-21,23,28H,5-14,16H2,1-4H3,(H,32,33)/t17-,18-,19?,20?,21-,23+,28+/m0/s1. The highest BCUT2D eigenvalue weighted by molar-refractivity contribution is 7.14. The normalized spacial score (nSPS) is 34.3. The van der Waals surface area contributed by atoms with Gasteiger partial charge in [0.25, 0.3) is 0 Å². The summed E-state index contributed by atoms with van der Waals surface area (Å²) in [6.45, 7) is 9.87. The van der Waals surface area contributed by atoms with Gasteiger partial charge in [0.2, 0.25) is 5.91 Å². The molecule has 7 nitrogen and oxygen atoms in total. The molecule has 4 aliphatic rings. The summed E-state index contributed by atoms with van der Waals surface area (Å²) in [4.78, 5) is 29.7. The third-order valence-corrected chi connectivity index (χ3v) is 10.4. The first-order valence-corrected chi connectivity index (χ1v) is 15.0. The first-order valence-electron chi connectivity index (χ1n) is 14.2. The summed E-state index contributed by atoms with van der Waals surface area (Å²) >= 11 is 1.32. The predicted molar refractivity (Wildman–Crippen MR) is 143 cm³/mol. The third-order valence-electron chi connectivity index (χ3n) is 8.87. The van der Waals surface area contributed by atoms with E-state index in [4.69, 9.17) is 14.2 Å². The van der Waals surface area contributed by atoms with Crippen LogP contribution in [-0.2, 0) is 24.4 Å². The van der Waals surface area contributed by atoms with Gasteiger partial charge in [0.1, 0.15) is 4.88 Å². The van der Waals surface area contributed by atoms with Gasteiger partial charge in [-0.15, -0.1) is 11.3 Å². The monoisotopic (exact) mass is 533 g/mol. The number of carboxylic acids is 1. The Morgan fingerprint density at radius 1 is 1.03 bits per heavy atom. The summed E-state index contributed by atoms with van der Waals surface area (Å²) in [5, 5.41) is 10.1. The van der Waals surface area contributed by atoms with Gasteiger partial charge >= 0.3 is 5.97 Å². The van der Waals surface area contributed by atoms with E-state index in [2.05, 4.69) is 27.7 Å². The molecule has 0 radical (unpaired) electrons. The molecule has 1 aromatic rings. The van der Waals surface area contributed by atoms with Crippen LogP contribution in [0.1, 0.15) is 100 Å². The van der Waals surface area contributed by atoms with E-state index in [1.807, 2.05) is 11.0 Å². The second-order valence-electron chi connectivity index (χ2n) is 12.7. The molecule has 2 saturated heterocycles. The van der Waals surface area contributed by atoms with Crippen molar-refractivity contribution < 1.29 is 28.9 Å². The predicted octanol–water partition coefficient (Wildman–Crippen LogP) is 5.99. The summed E-state index contributed by atoms with van der Waals surface area (Å²) in [7, 11) is 0. The molecule has 4 fully saturated rings. The van der Waals surface area contributed by atoms with Gasteiger partial charge in [-0.3, -0.25) is 4.79 Å². The number of fused-ring (bicyclic) bond motifs is 1. The van der Waals surface area contributed by atoms with Gasteiger partial charge in [-0.05, 0) is 75.2 Å². The van der Waals surface area contributed by atoms with Crippen molar-refractivity contribution in [3.05, 3.63) is 15.8 Å². The number of amides is 1. The number of hydrogen-bond acceptors (Lipinski definition) is 6. The molecular formula is C29H43NO6S. The molecule has 1 aromatic heterocycles. The highest BCUT2D eigenvalue weighted by Gasteiger charge is 2.44. The van der Waals surface area contributed by atoms with Gasteiger partial charge in [-0.1, -0.05) is 27.7 Å². The van der Waals surface area contributed by atoms with E-state index in [1.54, 1.807) is 0 Å². The zero-order chi connectivity index (χ0) is 26.3. The molecule has 1 amide bonds. The number of carbonyl (C=O) groups is 2. The average Bonchev–Trinajstić information content (AvgIpc) is 3.58. The number of thiophene rings is 1. The van der Waals surface area contributed by atoms with Gasteiger partial charge in [-0.2, -0.15) is 0 Å². The van der Waals surface area contributed by atoms with Crippen LogP contribution in [0.3, 0.4) is 0 Å². The number of nitrogens with zero attached hydrogens (tertiary/aromatic N) is 1. The Balaban J connectivity index is 1.35. The lowest BCUT2D eigenvalue weighted by Crippen LogP contribution is -2.47. The van der Waals surface area contributed by atoms with Crippen molar-refractivity contribution in [2.75, 3.05) is 18.1 Å². The lowest BCUT2D eigenvalue weighted by atomic mass is 9.81. The van der Waals surface area contributed by atoms with E-state index in [1.165, 1.54) is 11.3 Å². The first-order chi connectivity index (χ1) is 17.6. The van der Waals surface area contributed by atoms with Crippen LogP contribution in [0.5, 0.6) is 0 Å². The number of hydrogen-bond donors (Lipinski definition) is 1. The molecule has 0 aromatic carbocycles. The van der Waals surface area contributed by atoms with Gasteiger partial charge in [0.15, 0.2) is 6.29 Å². The third kappa shape index (κ3) is 5.77. The van der Waals surface area contributed by atoms with Crippen LogP contribution in [0.25, 0.3) is 0 Å². The van der Waals surface area contributed by atoms with Gasteiger partial charge in [-0.25, -0.2) is 4.79 Å².